The molecule has 0 radical (unpaired) electrons. The summed E-state index contributed by atoms with van der Waals surface area (Å²) in [5.74, 6) is 1.96. The van der Waals surface area contributed by atoms with Crippen LogP contribution in [0.5, 0.6) is 0 Å². The largest absolute Gasteiger partial charge is 0.460 e. The molecule has 0 aromatic heterocycles. The van der Waals surface area contributed by atoms with Crippen LogP contribution in [0, 0.1) is 0 Å². The molecule has 0 aromatic rings. The number of hydrogen-bond donors (Lipinski definition) is 0. The van der Waals surface area contributed by atoms with E-state index in [0.717, 1.165) is 24.5 Å². The van der Waals surface area contributed by atoms with Crippen LogP contribution in [0.15, 0.2) is 0 Å². The summed E-state index contributed by atoms with van der Waals surface area (Å²) in [5.41, 5.74) is 0. The number of ether oxygens (including phenoxy) is 1. The predicted molar refractivity (Wildman–Crippen MR) is 78.5 cm³/mol. The molecule has 102 valence electrons. The number of rotatable bonds is 10. The van der Waals surface area contributed by atoms with E-state index in [4.69, 9.17) is 4.74 Å². The van der Waals surface area contributed by atoms with Gasteiger partial charge in [-0.3, -0.25) is 4.79 Å². The lowest BCUT2D eigenvalue weighted by Crippen LogP contribution is -2.32. The van der Waals surface area contributed by atoms with Crippen molar-refractivity contribution in [2.24, 2.45) is 0 Å². The molecule has 0 heterocycles. The molecule has 0 rings (SSSR count). The van der Waals surface area contributed by atoms with Crippen LogP contribution in [0.3, 0.4) is 0 Å². The molecule has 1 atom stereocenters. The van der Waals surface area contributed by atoms with Crippen LogP contribution in [0.1, 0.15) is 33.1 Å². The maximum atomic E-state index is 11.5. The zero-order chi connectivity index (χ0) is 13.1. The van der Waals surface area contributed by atoms with Gasteiger partial charge in [0, 0.05) is 24.5 Å². The predicted octanol–water partition coefficient (Wildman–Crippen LogP) is 3.05. The molecule has 0 N–H and O–H groups in total. The van der Waals surface area contributed by atoms with Gasteiger partial charge in [-0.2, -0.15) is 0 Å². The lowest BCUT2D eigenvalue weighted by Gasteiger charge is -2.21. The van der Waals surface area contributed by atoms with Crippen molar-refractivity contribution in [2.45, 2.75) is 39.2 Å². The summed E-state index contributed by atoms with van der Waals surface area (Å²) in [6.07, 6.45) is 2.58. The molecule has 0 saturated carbocycles. The first-order valence-corrected chi connectivity index (χ1v) is 8.67. The first kappa shape index (κ1) is 17.1. The summed E-state index contributed by atoms with van der Waals surface area (Å²) >= 11 is 0. The quantitative estimate of drug-likeness (QED) is 0.348. The fraction of sp³-hybridized carbons (Fsp3) is 0.917. The zero-order valence-corrected chi connectivity index (χ0v) is 13.0. The van der Waals surface area contributed by atoms with Crippen molar-refractivity contribution in [1.29, 1.82) is 0 Å². The molecule has 17 heavy (non-hydrogen) atoms. The van der Waals surface area contributed by atoms with Crippen LogP contribution < -0.4 is 0 Å². The molecule has 0 aliphatic heterocycles. The normalized spacial score (nSPS) is 12.8. The fourth-order valence-electron chi connectivity index (χ4n) is 1.25. The van der Waals surface area contributed by atoms with Gasteiger partial charge in [-0.05, 0) is 26.9 Å². The maximum Gasteiger partial charge on any atom is 0.306 e. The SMILES string of the molecule is CCCSSCC(CN(C)C)OC(=O)CCC. The van der Waals surface area contributed by atoms with Crippen LogP contribution in [-0.4, -0.2) is 49.1 Å². The van der Waals surface area contributed by atoms with Crippen molar-refractivity contribution < 1.29 is 9.53 Å². The molecule has 0 saturated heterocycles. The average molecular weight is 279 g/mol. The highest BCUT2D eigenvalue weighted by Crippen LogP contribution is 2.23. The smallest absolute Gasteiger partial charge is 0.306 e. The Balaban J connectivity index is 3.91. The van der Waals surface area contributed by atoms with Crippen LogP contribution in [0.2, 0.25) is 0 Å². The number of nitrogens with zero attached hydrogens (tertiary/aromatic N) is 1. The Hall–Kier alpha value is 0.130. The molecule has 0 aromatic carbocycles. The third-order valence-electron chi connectivity index (χ3n) is 1.95. The van der Waals surface area contributed by atoms with Crippen molar-refractivity contribution in [1.82, 2.24) is 4.90 Å². The Morgan fingerprint density at radius 3 is 2.47 bits per heavy atom. The van der Waals surface area contributed by atoms with Gasteiger partial charge < -0.3 is 9.64 Å². The highest BCUT2D eigenvalue weighted by Gasteiger charge is 2.15. The Bertz CT molecular complexity index is 201. The second-order valence-electron chi connectivity index (χ2n) is 4.23. The minimum atomic E-state index is -0.0690. The number of esters is 1. The maximum absolute atomic E-state index is 11.5. The third-order valence-corrected chi connectivity index (χ3v) is 4.60. The van der Waals surface area contributed by atoms with Gasteiger partial charge in [0.25, 0.3) is 0 Å². The van der Waals surface area contributed by atoms with E-state index in [9.17, 15) is 4.79 Å². The average Bonchev–Trinajstić information content (AvgIpc) is 2.23. The Labute approximate surface area is 113 Å². The van der Waals surface area contributed by atoms with Crippen molar-refractivity contribution in [2.75, 3.05) is 32.1 Å². The highest BCUT2D eigenvalue weighted by atomic mass is 33.1. The molecule has 0 spiro atoms. The Morgan fingerprint density at radius 1 is 1.24 bits per heavy atom. The minimum absolute atomic E-state index is 0.0124. The van der Waals surface area contributed by atoms with E-state index in [2.05, 4.69) is 11.8 Å². The highest BCUT2D eigenvalue weighted by molar-refractivity contribution is 8.76. The first-order valence-electron chi connectivity index (χ1n) is 6.18. The summed E-state index contributed by atoms with van der Waals surface area (Å²) < 4.78 is 5.47. The van der Waals surface area contributed by atoms with Crippen LogP contribution in [0.25, 0.3) is 0 Å². The van der Waals surface area contributed by atoms with Gasteiger partial charge in [0.1, 0.15) is 6.10 Å². The number of likely N-dealkylation sites (N-methyl/N-ethyl adjacent to an activating group) is 1. The molecule has 0 aliphatic rings. The van der Waals surface area contributed by atoms with Crippen molar-refractivity contribution in [3.63, 3.8) is 0 Å². The number of carbonyl (C=O) groups excluding carboxylic acids is 1. The zero-order valence-electron chi connectivity index (χ0n) is 11.4. The summed E-state index contributed by atoms with van der Waals surface area (Å²) in [4.78, 5) is 13.5. The minimum Gasteiger partial charge on any atom is -0.460 e. The van der Waals surface area contributed by atoms with Gasteiger partial charge in [0.05, 0.1) is 0 Å². The van der Waals surface area contributed by atoms with Gasteiger partial charge in [-0.25, -0.2) is 0 Å². The van der Waals surface area contributed by atoms with E-state index in [0.29, 0.717) is 6.42 Å². The van der Waals surface area contributed by atoms with Crippen molar-refractivity contribution >= 4 is 27.6 Å². The lowest BCUT2D eigenvalue weighted by atomic mass is 10.3. The summed E-state index contributed by atoms with van der Waals surface area (Å²) in [6.45, 7) is 4.97. The van der Waals surface area contributed by atoms with E-state index < -0.39 is 0 Å². The fourth-order valence-corrected chi connectivity index (χ4v) is 3.55. The van der Waals surface area contributed by atoms with Gasteiger partial charge in [-0.1, -0.05) is 35.4 Å². The molecule has 0 bridgehead atoms. The van der Waals surface area contributed by atoms with Crippen LogP contribution >= 0.6 is 21.6 Å². The molecule has 1 unspecified atom stereocenters. The molecule has 3 nitrogen and oxygen atoms in total. The van der Waals surface area contributed by atoms with E-state index in [-0.39, 0.29) is 12.1 Å². The number of hydrogen-bond acceptors (Lipinski definition) is 5. The molecule has 0 aliphatic carbocycles. The summed E-state index contributed by atoms with van der Waals surface area (Å²) in [7, 11) is 7.67. The van der Waals surface area contributed by atoms with Crippen molar-refractivity contribution in [3.8, 4) is 0 Å². The van der Waals surface area contributed by atoms with Crippen LogP contribution in [-0.2, 0) is 9.53 Å². The second-order valence-corrected chi connectivity index (χ2v) is 6.86. The van der Waals surface area contributed by atoms with E-state index >= 15 is 0 Å². The van der Waals surface area contributed by atoms with Gasteiger partial charge in [0.15, 0.2) is 0 Å². The van der Waals surface area contributed by atoms with Gasteiger partial charge in [-0.15, -0.1) is 0 Å². The second kappa shape index (κ2) is 11.2. The molecule has 0 fully saturated rings. The molecule has 5 heteroatoms. The molecular weight excluding hydrogens is 254 g/mol. The number of carbonyl (C=O) groups is 1. The Kier molecular flexibility index (Phi) is 11.3. The van der Waals surface area contributed by atoms with E-state index in [1.165, 1.54) is 6.42 Å². The topological polar surface area (TPSA) is 29.5 Å². The summed E-state index contributed by atoms with van der Waals surface area (Å²) in [6, 6.07) is 0. The van der Waals surface area contributed by atoms with Gasteiger partial charge >= 0.3 is 5.97 Å². The van der Waals surface area contributed by atoms with E-state index in [1.54, 1.807) is 10.8 Å². The monoisotopic (exact) mass is 279 g/mol. The molecular formula is C12H25NO2S2. The lowest BCUT2D eigenvalue weighted by molar-refractivity contribution is -0.148. The Morgan fingerprint density at radius 2 is 1.94 bits per heavy atom. The molecule has 0 amide bonds. The van der Waals surface area contributed by atoms with Crippen molar-refractivity contribution in [3.05, 3.63) is 0 Å². The third kappa shape index (κ3) is 11.0. The first-order chi connectivity index (χ1) is 8.10. The summed E-state index contributed by atoms with van der Waals surface area (Å²) in [5, 5.41) is 0. The van der Waals surface area contributed by atoms with Gasteiger partial charge in [0.2, 0.25) is 0 Å². The van der Waals surface area contributed by atoms with Crippen LogP contribution in [0.4, 0.5) is 0 Å². The standard InChI is InChI=1S/C12H25NO2S2/c1-5-7-12(14)15-11(9-13(3)4)10-17-16-8-6-2/h11H,5-10H2,1-4H3. The van der Waals surface area contributed by atoms with E-state index in [1.807, 2.05) is 31.8 Å².